The average Bonchev–Trinajstić information content (AvgIpc) is 3.53. The number of carbonyl (C=O) groups is 4. The van der Waals surface area contributed by atoms with Crippen LogP contribution in [0.15, 0.2) is 53.7 Å². The summed E-state index contributed by atoms with van der Waals surface area (Å²) in [5, 5.41) is 9.94. The van der Waals surface area contributed by atoms with Crippen LogP contribution in [-0.4, -0.2) is 91.2 Å². The highest BCUT2D eigenvalue weighted by molar-refractivity contribution is 6.36. The Morgan fingerprint density at radius 1 is 1.02 bits per heavy atom. The number of hydrogen-bond donors (Lipinski definition) is 2. The van der Waals surface area contributed by atoms with Crippen LogP contribution >= 0.6 is 0 Å². The summed E-state index contributed by atoms with van der Waals surface area (Å²) in [6.45, 7) is 3.88. The lowest BCUT2D eigenvalue weighted by molar-refractivity contribution is -0.136. The second-order valence-corrected chi connectivity index (χ2v) is 12.7. The molecule has 2 aliphatic heterocycles. The summed E-state index contributed by atoms with van der Waals surface area (Å²) >= 11 is 0. The van der Waals surface area contributed by atoms with Gasteiger partial charge in [0.25, 0.3) is 5.91 Å². The summed E-state index contributed by atoms with van der Waals surface area (Å²) in [6.07, 6.45) is 1.57. The van der Waals surface area contributed by atoms with Crippen LogP contribution in [0.2, 0.25) is 0 Å². The van der Waals surface area contributed by atoms with E-state index in [2.05, 4.69) is 27.9 Å². The molecule has 47 heavy (non-hydrogen) atoms. The first-order valence-electron chi connectivity index (χ1n) is 16.4. The van der Waals surface area contributed by atoms with Crippen LogP contribution in [0.25, 0.3) is 11.1 Å². The van der Waals surface area contributed by atoms with E-state index < -0.39 is 41.8 Å². The van der Waals surface area contributed by atoms with Gasteiger partial charge >= 0.3 is 12.1 Å². The Hall–Kier alpha value is -4.45. The van der Waals surface area contributed by atoms with Gasteiger partial charge in [-0.25, -0.2) is 9.59 Å². The molecule has 2 aromatic rings. The predicted octanol–water partition coefficient (Wildman–Crippen LogP) is 3.67. The van der Waals surface area contributed by atoms with E-state index >= 15 is 0 Å². The van der Waals surface area contributed by atoms with Crippen molar-refractivity contribution in [2.24, 2.45) is 5.16 Å². The standard InChI is InChI=1S/C35H42N4O8/c1-4-10-27(30(44-3)32(41)36-21-15-16-21)37-31(40)29-18-35(17-28(38-47-35)33(42)45-5-2)20-39(29)34(43)46-19-26-24-13-8-6-11-22(24)23-12-7-9-14-25(23)26/h6-9,11-14,21,26-27,29-30H,4-5,10,15-20H2,1-3H3,(H,36,41)(H,37,40)/t27-,29-,30?,35+/m0/s1. The molecule has 12 nitrogen and oxygen atoms in total. The second kappa shape index (κ2) is 13.7. The van der Waals surface area contributed by atoms with Gasteiger partial charge in [0.2, 0.25) is 5.91 Å². The van der Waals surface area contributed by atoms with E-state index in [-0.39, 0.29) is 56.2 Å². The van der Waals surface area contributed by atoms with Gasteiger partial charge in [0, 0.05) is 31.9 Å². The van der Waals surface area contributed by atoms with Gasteiger partial charge in [-0.05, 0) is 48.4 Å². The Morgan fingerprint density at radius 2 is 1.70 bits per heavy atom. The number of esters is 1. The third-order valence-corrected chi connectivity index (χ3v) is 9.35. The van der Waals surface area contributed by atoms with Crippen molar-refractivity contribution in [3.63, 3.8) is 0 Å². The van der Waals surface area contributed by atoms with Gasteiger partial charge in [-0.3, -0.25) is 14.5 Å². The van der Waals surface area contributed by atoms with E-state index in [1.54, 1.807) is 6.92 Å². The molecule has 6 rings (SSSR count). The largest absolute Gasteiger partial charge is 0.461 e. The average molecular weight is 647 g/mol. The number of ether oxygens (including phenoxy) is 3. The summed E-state index contributed by atoms with van der Waals surface area (Å²) in [5.41, 5.74) is 3.32. The van der Waals surface area contributed by atoms with Crippen molar-refractivity contribution < 1.29 is 38.2 Å². The Balaban J connectivity index is 1.21. The second-order valence-electron chi connectivity index (χ2n) is 12.7. The van der Waals surface area contributed by atoms with Crippen LogP contribution in [0, 0.1) is 0 Å². The molecule has 12 heteroatoms. The van der Waals surface area contributed by atoms with Gasteiger partial charge in [0.05, 0.1) is 19.2 Å². The first-order chi connectivity index (χ1) is 22.8. The summed E-state index contributed by atoms with van der Waals surface area (Å²) in [5.74, 6) is -1.52. The minimum atomic E-state index is -1.11. The first kappa shape index (κ1) is 32.5. The molecule has 4 atom stereocenters. The van der Waals surface area contributed by atoms with Crippen LogP contribution in [0.5, 0.6) is 0 Å². The summed E-state index contributed by atoms with van der Waals surface area (Å²) in [6, 6.07) is 14.6. The van der Waals surface area contributed by atoms with Gasteiger partial charge in [-0.1, -0.05) is 67.0 Å². The lowest BCUT2D eigenvalue weighted by Crippen LogP contribution is -2.55. The molecular formula is C35H42N4O8. The van der Waals surface area contributed by atoms with Crippen LogP contribution in [0.1, 0.15) is 69.4 Å². The molecule has 2 aliphatic carbocycles. The van der Waals surface area contributed by atoms with Crippen molar-refractivity contribution in [2.75, 3.05) is 26.9 Å². The molecule has 2 aromatic carbocycles. The highest BCUT2D eigenvalue weighted by atomic mass is 16.7. The van der Waals surface area contributed by atoms with Crippen LogP contribution < -0.4 is 10.6 Å². The van der Waals surface area contributed by atoms with Gasteiger partial charge in [-0.15, -0.1) is 0 Å². The monoisotopic (exact) mass is 646 g/mol. The molecule has 1 spiro atoms. The zero-order valence-electron chi connectivity index (χ0n) is 27.0. The van der Waals surface area contributed by atoms with E-state index in [0.717, 1.165) is 35.1 Å². The molecule has 2 heterocycles. The molecule has 2 N–H and O–H groups in total. The number of methoxy groups -OCH3 is 1. The lowest BCUT2D eigenvalue weighted by Gasteiger charge is -2.29. The highest BCUT2D eigenvalue weighted by Crippen LogP contribution is 2.45. The Kier molecular flexibility index (Phi) is 9.49. The van der Waals surface area contributed by atoms with Crippen molar-refractivity contribution in [3.8, 4) is 11.1 Å². The van der Waals surface area contributed by atoms with Crippen molar-refractivity contribution in [1.82, 2.24) is 15.5 Å². The number of amides is 3. The molecule has 1 unspecified atom stereocenters. The van der Waals surface area contributed by atoms with Crippen molar-refractivity contribution in [1.29, 1.82) is 0 Å². The van der Waals surface area contributed by atoms with Gasteiger partial charge in [-0.2, -0.15) is 0 Å². The van der Waals surface area contributed by atoms with Crippen molar-refractivity contribution in [2.45, 2.75) is 88.1 Å². The maximum absolute atomic E-state index is 14.0. The minimum Gasteiger partial charge on any atom is -0.461 e. The molecule has 2 fully saturated rings. The fourth-order valence-electron chi connectivity index (χ4n) is 6.94. The molecular weight excluding hydrogens is 604 g/mol. The number of hydrogen-bond acceptors (Lipinski definition) is 9. The normalized spacial score (nSPS) is 22.5. The summed E-state index contributed by atoms with van der Waals surface area (Å²) < 4.78 is 16.7. The van der Waals surface area contributed by atoms with Crippen LogP contribution in [0.4, 0.5) is 4.79 Å². The molecule has 1 saturated heterocycles. The molecule has 0 radical (unpaired) electrons. The summed E-state index contributed by atoms with van der Waals surface area (Å²) in [7, 11) is 1.44. The Morgan fingerprint density at radius 3 is 2.32 bits per heavy atom. The summed E-state index contributed by atoms with van der Waals surface area (Å²) in [4.78, 5) is 60.5. The fraction of sp³-hybridized carbons (Fsp3) is 0.514. The zero-order valence-corrected chi connectivity index (χ0v) is 27.0. The van der Waals surface area contributed by atoms with Crippen molar-refractivity contribution in [3.05, 3.63) is 59.7 Å². The van der Waals surface area contributed by atoms with E-state index in [1.807, 2.05) is 43.3 Å². The molecule has 250 valence electrons. The number of fused-ring (bicyclic) bond motifs is 3. The number of benzene rings is 2. The van der Waals surface area contributed by atoms with Crippen LogP contribution in [-0.2, 0) is 33.4 Å². The number of carbonyl (C=O) groups excluding carboxylic acids is 4. The predicted molar refractivity (Wildman–Crippen MR) is 171 cm³/mol. The molecule has 3 amide bonds. The fourth-order valence-corrected chi connectivity index (χ4v) is 6.94. The number of nitrogens with zero attached hydrogens (tertiary/aromatic N) is 2. The number of nitrogens with one attached hydrogen (secondary N) is 2. The SMILES string of the molecule is CCC[C@H](NC(=O)[C@@H]1C[C@]2(CC(C(=O)OCC)=NO2)CN1C(=O)OCC1c2ccccc2-c2ccccc21)C(OC)C(=O)NC1CC1. The Bertz CT molecular complexity index is 1510. The van der Waals surface area contributed by atoms with E-state index in [9.17, 15) is 19.2 Å². The maximum atomic E-state index is 14.0. The van der Waals surface area contributed by atoms with E-state index in [0.29, 0.717) is 12.8 Å². The number of likely N-dealkylation sites (tertiary alicyclic amines) is 1. The van der Waals surface area contributed by atoms with E-state index in [4.69, 9.17) is 19.0 Å². The van der Waals surface area contributed by atoms with E-state index in [1.165, 1.54) is 12.0 Å². The lowest BCUT2D eigenvalue weighted by atomic mass is 9.93. The maximum Gasteiger partial charge on any atom is 0.410 e. The van der Waals surface area contributed by atoms with Crippen molar-refractivity contribution >= 4 is 29.6 Å². The Labute approximate surface area is 274 Å². The van der Waals surface area contributed by atoms with Gasteiger partial charge in [0.15, 0.2) is 17.4 Å². The molecule has 1 saturated carbocycles. The first-order valence-corrected chi connectivity index (χ1v) is 16.4. The molecule has 4 aliphatic rings. The third kappa shape index (κ3) is 6.69. The third-order valence-electron chi connectivity index (χ3n) is 9.35. The molecule has 0 bridgehead atoms. The quantitative estimate of drug-likeness (QED) is 0.333. The number of rotatable bonds is 12. The smallest absolute Gasteiger partial charge is 0.410 e. The number of oxime groups is 1. The van der Waals surface area contributed by atoms with Crippen LogP contribution in [0.3, 0.4) is 0 Å². The zero-order chi connectivity index (χ0) is 33.1. The molecule has 0 aromatic heterocycles. The highest BCUT2D eigenvalue weighted by Gasteiger charge is 2.55. The van der Waals surface area contributed by atoms with Gasteiger partial charge in [0.1, 0.15) is 12.6 Å². The van der Waals surface area contributed by atoms with Gasteiger partial charge < -0.3 is 29.7 Å². The topological polar surface area (TPSA) is 145 Å². The minimum absolute atomic E-state index is 0.0253.